The Balaban J connectivity index is 2.78. The third-order valence-corrected chi connectivity index (χ3v) is 1.45. The Morgan fingerprint density at radius 2 is 1.83 bits per heavy atom. The predicted octanol–water partition coefficient (Wildman–Crippen LogP) is 1.80. The maximum absolute atomic E-state index is 9.86. The van der Waals surface area contributed by atoms with Gasteiger partial charge in [-0.05, 0) is 37.1 Å². The number of carbonyl (C=O) groups is 1. The Morgan fingerprint density at radius 1 is 1.25 bits per heavy atom. The van der Waals surface area contributed by atoms with Gasteiger partial charge in [-0.25, -0.2) is 5.48 Å². The summed E-state index contributed by atoms with van der Waals surface area (Å²) < 4.78 is 0. The minimum atomic E-state index is 0.359. The van der Waals surface area contributed by atoms with Gasteiger partial charge in [-0.1, -0.05) is 6.07 Å². The fraction of sp³-hybridized carbons (Fsp3) is 0.222. The van der Waals surface area contributed by atoms with Crippen LogP contribution in [0.1, 0.15) is 11.1 Å². The molecule has 0 spiro atoms. The first-order valence-corrected chi connectivity index (χ1v) is 3.66. The highest BCUT2D eigenvalue weighted by Crippen LogP contribution is 2.12. The van der Waals surface area contributed by atoms with Gasteiger partial charge in [-0.2, -0.15) is 0 Å². The molecule has 1 N–H and O–H groups in total. The molecule has 1 rings (SSSR count). The second kappa shape index (κ2) is 3.76. The average Bonchev–Trinajstić information content (AvgIpc) is 1.99. The summed E-state index contributed by atoms with van der Waals surface area (Å²) in [5.74, 6) is 0. The maximum Gasteiger partial charge on any atom is 0.320 e. The molecule has 0 saturated heterocycles. The van der Waals surface area contributed by atoms with Gasteiger partial charge >= 0.3 is 6.47 Å². The van der Waals surface area contributed by atoms with Crippen molar-refractivity contribution in [2.45, 2.75) is 13.8 Å². The van der Waals surface area contributed by atoms with Gasteiger partial charge in [-0.3, -0.25) is 4.79 Å². The van der Waals surface area contributed by atoms with E-state index in [1.165, 1.54) is 0 Å². The van der Waals surface area contributed by atoms with E-state index in [0.29, 0.717) is 6.47 Å². The lowest BCUT2D eigenvalue weighted by Gasteiger charge is -2.04. The predicted molar refractivity (Wildman–Crippen MR) is 46.7 cm³/mol. The second-order valence-electron chi connectivity index (χ2n) is 2.69. The lowest BCUT2D eigenvalue weighted by Crippen LogP contribution is -1.98. The molecule has 3 heteroatoms. The van der Waals surface area contributed by atoms with Gasteiger partial charge in [0.2, 0.25) is 0 Å². The highest BCUT2D eigenvalue weighted by Gasteiger charge is 1.93. The summed E-state index contributed by atoms with van der Waals surface area (Å²) in [5.41, 5.74) is 5.56. The molecule has 0 aliphatic rings. The highest BCUT2D eigenvalue weighted by molar-refractivity contribution is 5.49. The van der Waals surface area contributed by atoms with Crippen LogP contribution in [0.15, 0.2) is 18.2 Å². The van der Waals surface area contributed by atoms with E-state index in [1.54, 1.807) is 0 Å². The minimum Gasteiger partial charge on any atom is -0.347 e. The summed E-state index contributed by atoms with van der Waals surface area (Å²) in [6.45, 7) is 4.33. The molecule has 0 heterocycles. The molecule has 0 radical (unpaired) electrons. The molecular formula is C9H11NO2. The fourth-order valence-electron chi connectivity index (χ4n) is 1.13. The van der Waals surface area contributed by atoms with Crippen molar-refractivity contribution in [1.29, 1.82) is 0 Å². The molecule has 0 bridgehead atoms. The van der Waals surface area contributed by atoms with Crippen LogP contribution in [0.3, 0.4) is 0 Å². The molecular weight excluding hydrogens is 154 g/mol. The van der Waals surface area contributed by atoms with Crippen molar-refractivity contribution in [2.24, 2.45) is 0 Å². The van der Waals surface area contributed by atoms with Crippen molar-refractivity contribution < 1.29 is 9.63 Å². The number of aryl methyl sites for hydroxylation is 2. The monoisotopic (exact) mass is 165 g/mol. The zero-order valence-corrected chi connectivity index (χ0v) is 7.13. The SMILES string of the molecule is Cc1cc(C)cc(NOC=O)c1. The molecule has 0 aliphatic carbocycles. The molecule has 12 heavy (non-hydrogen) atoms. The van der Waals surface area contributed by atoms with Crippen LogP contribution in [-0.4, -0.2) is 6.47 Å². The molecule has 1 aromatic carbocycles. The minimum absolute atomic E-state index is 0.359. The normalized spacial score (nSPS) is 9.17. The van der Waals surface area contributed by atoms with E-state index >= 15 is 0 Å². The van der Waals surface area contributed by atoms with Crippen LogP contribution < -0.4 is 5.48 Å². The topological polar surface area (TPSA) is 38.3 Å². The third kappa shape index (κ3) is 2.27. The Bertz CT molecular complexity index is 264. The van der Waals surface area contributed by atoms with Gasteiger partial charge in [0.25, 0.3) is 0 Å². The smallest absolute Gasteiger partial charge is 0.320 e. The first-order chi connectivity index (χ1) is 5.72. The number of nitrogens with one attached hydrogen (secondary N) is 1. The Kier molecular flexibility index (Phi) is 2.69. The summed E-state index contributed by atoms with van der Waals surface area (Å²) in [6, 6.07) is 5.85. The second-order valence-corrected chi connectivity index (χ2v) is 2.69. The van der Waals surface area contributed by atoms with E-state index < -0.39 is 0 Å². The number of hydrogen-bond donors (Lipinski definition) is 1. The van der Waals surface area contributed by atoms with Crippen LogP contribution in [0.4, 0.5) is 5.69 Å². The first-order valence-electron chi connectivity index (χ1n) is 3.66. The van der Waals surface area contributed by atoms with E-state index in [4.69, 9.17) is 0 Å². The molecule has 64 valence electrons. The molecule has 3 nitrogen and oxygen atoms in total. The summed E-state index contributed by atoms with van der Waals surface area (Å²) in [6.07, 6.45) is 0. The van der Waals surface area contributed by atoms with E-state index in [9.17, 15) is 4.79 Å². The highest BCUT2D eigenvalue weighted by atomic mass is 16.7. The van der Waals surface area contributed by atoms with E-state index in [2.05, 4.69) is 10.3 Å². The molecule has 0 aromatic heterocycles. The summed E-state index contributed by atoms with van der Waals surface area (Å²) >= 11 is 0. The zero-order valence-electron chi connectivity index (χ0n) is 7.13. The van der Waals surface area contributed by atoms with Crippen LogP contribution in [-0.2, 0) is 9.63 Å². The third-order valence-electron chi connectivity index (χ3n) is 1.45. The average molecular weight is 165 g/mol. The quantitative estimate of drug-likeness (QED) is 0.548. The fourth-order valence-corrected chi connectivity index (χ4v) is 1.13. The molecule has 0 saturated carbocycles. The number of hydrogen-bond acceptors (Lipinski definition) is 3. The van der Waals surface area contributed by atoms with Crippen LogP contribution in [0.2, 0.25) is 0 Å². The molecule has 0 aliphatic heterocycles. The summed E-state index contributed by atoms with van der Waals surface area (Å²) in [7, 11) is 0. The van der Waals surface area contributed by atoms with Crippen molar-refractivity contribution in [3.05, 3.63) is 29.3 Å². The van der Waals surface area contributed by atoms with Crippen molar-refractivity contribution in [3.63, 3.8) is 0 Å². The number of anilines is 1. The van der Waals surface area contributed by atoms with Crippen molar-refractivity contribution in [2.75, 3.05) is 5.48 Å². The molecule has 0 atom stereocenters. The first kappa shape index (κ1) is 8.59. The molecule has 0 fully saturated rings. The number of benzene rings is 1. The van der Waals surface area contributed by atoms with Gasteiger partial charge < -0.3 is 4.84 Å². The Hall–Kier alpha value is -1.51. The maximum atomic E-state index is 9.86. The standard InChI is InChI=1S/C9H11NO2/c1-7-3-8(2)5-9(4-7)10-12-6-11/h3-6,10H,1-2H3. The summed E-state index contributed by atoms with van der Waals surface area (Å²) in [4.78, 5) is 14.3. The van der Waals surface area contributed by atoms with Gasteiger partial charge in [0.05, 0.1) is 5.69 Å². The zero-order chi connectivity index (χ0) is 8.97. The largest absolute Gasteiger partial charge is 0.347 e. The van der Waals surface area contributed by atoms with Crippen LogP contribution in [0.5, 0.6) is 0 Å². The van der Waals surface area contributed by atoms with Crippen molar-refractivity contribution >= 4 is 12.2 Å². The van der Waals surface area contributed by atoms with Crippen LogP contribution in [0.25, 0.3) is 0 Å². The van der Waals surface area contributed by atoms with Crippen LogP contribution >= 0.6 is 0 Å². The van der Waals surface area contributed by atoms with E-state index in [0.717, 1.165) is 16.8 Å². The van der Waals surface area contributed by atoms with Crippen molar-refractivity contribution in [1.82, 2.24) is 0 Å². The van der Waals surface area contributed by atoms with Gasteiger partial charge in [-0.15, -0.1) is 0 Å². The number of carbonyl (C=O) groups excluding carboxylic acids is 1. The van der Waals surface area contributed by atoms with Gasteiger partial charge in [0.1, 0.15) is 0 Å². The summed E-state index contributed by atoms with van der Waals surface area (Å²) in [5, 5.41) is 0. The van der Waals surface area contributed by atoms with E-state index in [-0.39, 0.29) is 0 Å². The Labute approximate surface area is 71.3 Å². The van der Waals surface area contributed by atoms with Gasteiger partial charge in [0.15, 0.2) is 0 Å². The Morgan fingerprint density at radius 3 is 2.33 bits per heavy atom. The van der Waals surface area contributed by atoms with Gasteiger partial charge in [0, 0.05) is 0 Å². The lowest BCUT2D eigenvalue weighted by atomic mass is 10.1. The number of rotatable bonds is 3. The van der Waals surface area contributed by atoms with E-state index in [1.807, 2.05) is 32.0 Å². The molecule has 0 amide bonds. The van der Waals surface area contributed by atoms with Crippen molar-refractivity contribution in [3.8, 4) is 0 Å². The lowest BCUT2D eigenvalue weighted by molar-refractivity contribution is -0.126. The molecule has 0 unspecified atom stereocenters. The van der Waals surface area contributed by atoms with Crippen LogP contribution in [0, 0.1) is 13.8 Å². The molecule has 1 aromatic rings.